The van der Waals surface area contributed by atoms with Crippen LogP contribution in [0.25, 0.3) is 0 Å². The second-order valence-corrected chi connectivity index (χ2v) is 5.09. The maximum absolute atomic E-state index is 3.44. The minimum Gasteiger partial charge on any atom is -0.317 e. The second-order valence-electron chi connectivity index (χ2n) is 4.09. The van der Waals surface area contributed by atoms with Crippen LogP contribution in [0.2, 0.25) is 0 Å². The Balaban J connectivity index is 1.96. The van der Waals surface area contributed by atoms with Gasteiger partial charge in [-0.1, -0.05) is 13.3 Å². The third-order valence-electron chi connectivity index (χ3n) is 2.65. The van der Waals surface area contributed by atoms with Crippen molar-refractivity contribution in [3.63, 3.8) is 0 Å². The van der Waals surface area contributed by atoms with Crippen molar-refractivity contribution in [3.8, 4) is 0 Å². The highest BCUT2D eigenvalue weighted by molar-refractivity contribution is 7.10. The fourth-order valence-electron chi connectivity index (χ4n) is 1.67. The summed E-state index contributed by atoms with van der Waals surface area (Å²) in [6, 6.07) is 2.23. The molecule has 0 aromatic carbocycles. The van der Waals surface area contributed by atoms with E-state index in [2.05, 4.69) is 30.6 Å². The van der Waals surface area contributed by atoms with Gasteiger partial charge in [-0.15, -0.1) is 11.3 Å². The molecule has 0 unspecified atom stereocenters. The van der Waals surface area contributed by atoms with Gasteiger partial charge >= 0.3 is 0 Å². The van der Waals surface area contributed by atoms with Gasteiger partial charge in [0, 0.05) is 4.88 Å². The molecule has 1 nitrogen and oxygen atoms in total. The summed E-state index contributed by atoms with van der Waals surface area (Å²) in [7, 11) is 0. The van der Waals surface area contributed by atoms with Crippen LogP contribution in [0.1, 0.15) is 43.0 Å². The van der Waals surface area contributed by atoms with Crippen molar-refractivity contribution in [3.05, 3.63) is 21.9 Å². The van der Waals surface area contributed by atoms with Crippen molar-refractivity contribution in [1.29, 1.82) is 0 Å². The Labute approximate surface area is 97.9 Å². The number of hydrogen-bond donors (Lipinski definition) is 1. The predicted octanol–water partition coefficient (Wildman–Crippen LogP) is 3.77. The van der Waals surface area contributed by atoms with E-state index >= 15 is 0 Å². The highest BCUT2D eigenvalue weighted by Gasteiger charge is 1.98. The summed E-state index contributed by atoms with van der Waals surface area (Å²) in [5, 5.41) is 5.64. The van der Waals surface area contributed by atoms with Gasteiger partial charge in [0.05, 0.1) is 0 Å². The molecule has 15 heavy (non-hydrogen) atoms. The zero-order valence-corrected chi connectivity index (χ0v) is 10.8. The van der Waals surface area contributed by atoms with Crippen molar-refractivity contribution in [2.75, 3.05) is 13.1 Å². The first-order valence-electron chi connectivity index (χ1n) is 6.08. The number of unbranched alkanes of at least 4 members (excludes halogenated alkanes) is 2. The molecular formula is C13H23NS. The topological polar surface area (TPSA) is 12.0 Å². The molecule has 0 fully saturated rings. The molecular weight excluding hydrogens is 202 g/mol. The summed E-state index contributed by atoms with van der Waals surface area (Å²) >= 11 is 1.91. The lowest BCUT2D eigenvalue weighted by molar-refractivity contribution is 0.600. The second kappa shape index (κ2) is 7.89. The molecule has 0 spiro atoms. The van der Waals surface area contributed by atoms with Gasteiger partial charge in [0.25, 0.3) is 0 Å². The molecule has 1 aromatic heterocycles. The number of thiophene rings is 1. The molecule has 1 heterocycles. The van der Waals surface area contributed by atoms with Crippen LogP contribution >= 0.6 is 11.3 Å². The number of hydrogen-bond acceptors (Lipinski definition) is 2. The number of aryl methyl sites for hydroxylation is 2. The Morgan fingerprint density at radius 2 is 2.07 bits per heavy atom. The van der Waals surface area contributed by atoms with Crippen LogP contribution < -0.4 is 5.32 Å². The summed E-state index contributed by atoms with van der Waals surface area (Å²) in [6.45, 7) is 6.79. The molecule has 0 amide bonds. The lowest BCUT2D eigenvalue weighted by Crippen LogP contribution is -2.15. The third-order valence-corrected chi connectivity index (χ3v) is 3.74. The van der Waals surface area contributed by atoms with Crippen molar-refractivity contribution in [2.24, 2.45) is 0 Å². The monoisotopic (exact) mass is 225 g/mol. The Kier molecular flexibility index (Phi) is 6.69. The van der Waals surface area contributed by atoms with E-state index in [1.54, 1.807) is 4.88 Å². The van der Waals surface area contributed by atoms with Gasteiger partial charge in [0.2, 0.25) is 0 Å². The lowest BCUT2D eigenvalue weighted by atomic mass is 10.1. The molecule has 0 aliphatic carbocycles. The van der Waals surface area contributed by atoms with E-state index in [0.29, 0.717) is 0 Å². The fourth-order valence-corrected chi connectivity index (χ4v) is 2.63. The van der Waals surface area contributed by atoms with Gasteiger partial charge in [0.1, 0.15) is 0 Å². The quantitative estimate of drug-likeness (QED) is 0.664. The fraction of sp³-hybridized carbons (Fsp3) is 0.692. The molecule has 0 aliphatic heterocycles. The molecule has 2 heteroatoms. The third kappa shape index (κ3) is 5.33. The van der Waals surface area contributed by atoms with Crippen LogP contribution in [0.5, 0.6) is 0 Å². The average Bonchev–Trinajstić information content (AvgIpc) is 2.63. The van der Waals surface area contributed by atoms with E-state index in [9.17, 15) is 0 Å². The highest BCUT2D eigenvalue weighted by Crippen LogP contribution is 2.18. The van der Waals surface area contributed by atoms with E-state index in [1.165, 1.54) is 50.8 Å². The van der Waals surface area contributed by atoms with Gasteiger partial charge < -0.3 is 5.32 Å². The van der Waals surface area contributed by atoms with E-state index < -0.39 is 0 Å². The predicted molar refractivity (Wildman–Crippen MR) is 69.8 cm³/mol. The maximum atomic E-state index is 3.44. The minimum absolute atomic E-state index is 1.17. The van der Waals surface area contributed by atoms with Crippen LogP contribution in [0.4, 0.5) is 0 Å². The zero-order valence-electron chi connectivity index (χ0n) is 10.0. The molecule has 0 aliphatic rings. The van der Waals surface area contributed by atoms with Crippen molar-refractivity contribution < 1.29 is 0 Å². The summed E-state index contributed by atoms with van der Waals surface area (Å²) < 4.78 is 0. The first-order valence-corrected chi connectivity index (χ1v) is 6.96. The van der Waals surface area contributed by atoms with E-state index in [1.807, 2.05) is 11.3 Å². The summed E-state index contributed by atoms with van der Waals surface area (Å²) in [5.41, 5.74) is 1.48. The van der Waals surface area contributed by atoms with Gasteiger partial charge in [-0.2, -0.15) is 0 Å². The van der Waals surface area contributed by atoms with E-state index in [-0.39, 0.29) is 0 Å². The Morgan fingerprint density at radius 3 is 2.73 bits per heavy atom. The molecule has 0 saturated carbocycles. The van der Waals surface area contributed by atoms with Gasteiger partial charge in [-0.05, 0) is 62.7 Å². The van der Waals surface area contributed by atoms with Crippen LogP contribution in [-0.2, 0) is 6.42 Å². The van der Waals surface area contributed by atoms with E-state index in [4.69, 9.17) is 0 Å². The largest absolute Gasteiger partial charge is 0.317 e. The van der Waals surface area contributed by atoms with E-state index in [0.717, 1.165) is 0 Å². The standard InChI is InChI=1S/C13H23NS/c1-3-9-14-10-6-4-5-7-13-12(2)8-11-15-13/h8,11,14H,3-7,9-10H2,1-2H3. The normalized spacial score (nSPS) is 10.8. The Hall–Kier alpha value is -0.340. The molecule has 1 N–H and O–H groups in total. The summed E-state index contributed by atoms with van der Waals surface area (Å²) in [6.07, 6.45) is 6.54. The van der Waals surface area contributed by atoms with Crippen molar-refractivity contribution in [2.45, 2.75) is 46.0 Å². The van der Waals surface area contributed by atoms with Crippen LogP contribution in [-0.4, -0.2) is 13.1 Å². The average molecular weight is 225 g/mol. The molecule has 1 aromatic rings. The van der Waals surface area contributed by atoms with Crippen LogP contribution in [0, 0.1) is 6.92 Å². The molecule has 0 saturated heterocycles. The maximum Gasteiger partial charge on any atom is 0.00743 e. The zero-order chi connectivity index (χ0) is 10.9. The Bertz CT molecular complexity index is 255. The first kappa shape index (κ1) is 12.7. The lowest BCUT2D eigenvalue weighted by Gasteiger charge is -2.03. The molecule has 0 bridgehead atoms. The van der Waals surface area contributed by atoms with Crippen molar-refractivity contribution in [1.82, 2.24) is 5.32 Å². The highest BCUT2D eigenvalue weighted by atomic mass is 32.1. The van der Waals surface area contributed by atoms with Gasteiger partial charge in [-0.25, -0.2) is 0 Å². The number of nitrogens with one attached hydrogen (secondary N) is 1. The first-order chi connectivity index (χ1) is 7.34. The van der Waals surface area contributed by atoms with Gasteiger partial charge in [-0.3, -0.25) is 0 Å². The minimum atomic E-state index is 1.17. The molecule has 1 rings (SSSR count). The number of rotatable bonds is 8. The molecule has 0 radical (unpaired) electrons. The SMILES string of the molecule is CCCNCCCCCc1sccc1C. The van der Waals surface area contributed by atoms with Crippen LogP contribution in [0.3, 0.4) is 0 Å². The van der Waals surface area contributed by atoms with Crippen molar-refractivity contribution >= 4 is 11.3 Å². The summed E-state index contributed by atoms with van der Waals surface area (Å²) in [4.78, 5) is 1.58. The smallest absolute Gasteiger partial charge is 0.00743 e. The molecule has 86 valence electrons. The van der Waals surface area contributed by atoms with Gasteiger partial charge in [0.15, 0.2) is 0 Å². The summed E-state index contributed by atoms with van der Waals surface area (Å²) in [5.74, 6) is 0. The molecule has 0 atom stereocenters. The van der Waals surface area contributed by atoms with Crippen LogP contribution in [0.15, 0.2) is 11.4 Å². The Morgan fingerprint density at radius 1 is 1.20 bits per heavy atom.